The molecule has 0 spiro atoms. The van der Waals surface area contributed by atoms with E-state index in [1.807, 2.05) is 0 Å². The summed E-state index contributed by atoms with van der Waals surface area (Å²) in [5, 5.41) is 6.46. The molecule has 2 fully saturated rings. The van der Waals surface area contributed by atoms with Crippen LogP contribution in [-0.2, 0) is 4.79 Å². The van der Waals surface area contributed by atoms with Gasteiger partial charge in [0.15, 0.2) is 0 Å². The number of nitrogens with one attached hydrogen (secondary N) is 2. The lowest BCUT2D eigenvalue weighted by molar-refractivity contribution is -0.110. The van der Waals surface area contributed by atoms with Crippen LogP contribution in [0.4, 0.5) is 0 Å². The van der Waals surface area contributed by atoms with Gasteiger partial charge in [0.25, 0.3) is 0 Å². The van der Waals surface area contributed by atoms with E-state index in [0.717, 1.165) is 25.9 Å². The van der Waals surface area contributed by atoms with Crippen molar-refractivity contribution in [1.82, 2.24) is 15.5 Å². The molecule has 2 rings (SSSR count). The van der Waals surface area contributed by atoms with Crippen molar-refractivity contribution >= 4 is 6.41 Å². The van der Waals surface area contributed by atoms with Crippen molar-refractivity contribution < 1.29 is 4.79 Å². The van der Waals surface area contributed by atoms with Crippen molar-refractivity contribution in [2.24, 2.45) is 0 Å². The first-order valence-corrected chi connectivity index (χ1v) is 6.07. The van der Waals surface area contributed by atoms with Crippen LogP contribution in [-0.4, -0.2) is 43.2 Å². The predicted molar refractivity (Wildman–Crippen MR) is 59.4 cm³/mol. The Kier molecular flexibility index (Phi) is 3.97. The van der Waals surface area contributed by atoms with Crippen LogP contribution in [0.25, 0.3) is 0 Å². The summed E-state index contributed by atoms with van der Waals surface area (Å²) < 4.78 is 0. The standard InChI is InChI=1S/C11H21N3O/c15-9-13-10-4-3-7-14(8-10)11-5-1-2-6-12-11/h9-12H,1-8H2,(H,13,15). The number of amides is 1. The summed E-state index contributed by atoms with van der Waals surface area (Å²) in [4.78, 5) is 12.9. The zero-order chi connectivity index (χ0) is 10.5. The molecule has 0 aromatic heterocycles. The van der Waals surface area contributed by atoms with E-state index >= 15 is 0 Å². The highest BCUT2D eigenvalue weighted by Gasteiger charge is 2.26. The summed E-state index contributed by atoms with van der Waals surface area (Å²) in [6.07, 6.45) is 7.61. The number of hydrogen-bond acceptors (Lipinski definition) is 3. The molecule has 1 amide bonds. The molecule has 2 heterocycles. The van der Waals surface area contributed by atoms with E-state index < -0.39 is 0 Å². The Hall–Kier alpha value is -0.610. The van der Waals surface area contributed by atoms with Crippen molar-refractivity contribution in [2.45, 2.75) is 44.3 Å². The Morgan fingerprint density at radius 3 is 2.93 bits per heavy atom. The molecule has 2 saturated heterocycles. The fraction of sp³-hybridized carbons (Fsp3) is 0.909. The average Bonchev–Trinajstić information content (AvgIpc) is 2.31. The quantitative estimate of drug-likeness (QED) is 0.660. The van der Waals surface area contributed by atoms with Crippen molar-refractivity contribution in [3.63, 3.8) is 0 Å². The summed E-state index contributed by atoms with van der Waals surface area (Å²) >= 11 is 0. The third-order valence-corrected chi connectivity index (χ3v) is 3.48. The first kappa shape index (κ1) is 10.9. The molecule has 86 valence electrons. The normalized spacial score (nSPS) is 33.6. The van der Waals surface area contributed by atoms with Gasteiger partial charge in [0.05, 0.1) is 6.17 Å². The second-order valence-electron chi connectivity index (χ2n) is 4.58. The van der Waals surface area contributed by atoms with Gasteiger partial charge in [0, 0.05) is 12.6 Å². The fourth-order valence-electron chi connectivity index (χ4n) is 2.67. The van der Waals surface area contributed by atoms with Gasteiger partial charge in [0.2, 0.25) is 6.41 Å². The molecule has 0 aliphatic carbocycles. The molecule has 4 heteroatoms. The van der Waals surface area contributed by atoms with E-state index in [9.17, 15) is 4.79 Å². The largest absolute Gasteiger partial charge is 0.355 e. The van der Waals surface area contributed by atoms with Crippen LogP contribution in [0, 0.1) is 0 Å². The molecule has 15 heavy (non-hydrogen) atoms. The third-order valence-electron chi connectivity index (χ3n) is 3.48. The maximum Gasteiger partial charge on any atom is 0.207 e. The number of rotatable bonds is 3. The van der Waals surface area contributed by atoms with Gasteiger partial charge < -0.3 is 10.6 Å². The maximum atomic E-state index is 10.4. The van der Waals surface area contributed by atoms with Crippen LogP contribution in [0.3, 0.4) is 0 Å². The van der Waals surface area contributed by atoms with Crippen LogP contribution in [0.15, 0.2) is 0 Å². The van der Waals surface area contributed by atoms with E-state index in [4.69, 9.17) is 0 Å². The molecular formula is C11H21N3O. The molecule has 0 bridgehead atoms. The second-order valence-corrected chi connectivity index (χ2v) is 4.58. The summed E-state index contributed by atoms with van der Waals surface area (Å²) in [5.74, 6) is 0. The topological polar surface area (TPSA) is 44.4 Å². The van der Waals surface area contributed by atoms with Gasteiger partial charge in [-0.25, -0.2) is 0 Å². The number of likely N-dealkylation sites (tertiary alicyclic amines) is 1. The third kappa shape index (κ3) is 2.92. The van der Waals surface area contributed by atoms with Gasteiger partial charge in [-0.15, -0.1) is 0 Å². The Morgan fingerprint density at radius 1 is 1.27 bits per heavy atom. The van der Waals surface area contributed by atoms with E-state index in [2.05, 4.69) is 15.5 Å². The number of nitrogens with zero attached hydrogens (tertiary/aromatic N) is 1. The number of carbonyl (C=O) groups excluding carboxylic acids is 1. The first-order chi connectivity index (χ1) is 7.40. The molecule has 0 radical (unpaired) electrons. The van der Waals surface area contributed by atoms with Crippen LogP contribution in [0.2, 0.25) is 0 Å². The van der Waals surface area contributed by atoms with Gasteiger partial charge in [0.1, 0.15) is 0 Å². The lowest BCUT2D eigenvalue weighted by Crippen LogP contribution is -2.55. The lowest BCUT2D eigenvalue weighted by Gasteiger charge is -2.40. The summed E-state index contributed by atoms with van der Waals surface area (Å²) in [6.45, 7) is 3.33. The van der Waals surface area contributed by atoms with E-state index in [1.54, 1.807) is 0 Å². The molecule has 0 aromatic carbocycles. The summed E-state index contributed by atoms with van der Waals surface area (Å²) in [5.41, 5.74) is 0. The summed E-state index contributed by atoms with van der Waals surface area (Å²) in [6, 6.07) is 0.361. The monoisotopic (exact) mass is 211 g/mol. The van der Waals surface area contributed by atoms with Crippen molar-refractivity contribution in [3.05, 3.63) is 0 Å². The van der Waals surface area contributed by atoms with Crippen LogP contribution >= 0.6 is 0 Å². The van der Waals surface area contributed by atoms with E-state index in [1.165, 1.54) is 32.2 Å². The predicted octanol–water partition coefficient (Wildman–Crippen LogP) is 0.296. The molecular weight excluding hydrogens is 190 g/mol. The molecule has 2 N–H and O–H groups in total. The molecule has 4 nitrogen and oxygen atoms in total. The SMILES string of the molecule is O=CNC1CCCN(C2CCCCN2)C1. The molecule has 0 aromatic rings. The smallest absolute Gasteiger partial charge is 0.207 e. The summed E-state index contributed by atoms with van der Waals surface area (Å²) in [7, 11) is 0. The van der Waals surface area contributed by atoms with Gasteiger partial charge in [-0.3, -0.25) is 9.69 Å². The Morgan fingerprint density at radius 2 is 2.20 bits per heavy atom. The highest BCUT2D eigenvalue weighted by molar-refractivity contribution is 5.46. The molecule has 2 aliphatic heterocycles. The number of carbonyl (C=O) groups is 1. The van der Waals surface area contributed by atoms with Crippen molar-refractivity contribution in [2.75, 3.05) is 19.6 Å². The average molecular weight is 211 g/mol. The fourth-order valence-corrected chi connectivity index (χ4v) is 2.67. The zero-order valence-electron chi connectivity index (χ0n) is 9.24. The zero-order valence-corrected chi connectivity index (χ0v) is 9.24. The van der Waals surface area contributed by atoms with Gasteiger partial charge in [-0.2, -0.15) is 0 Å². The Balaban J connectivity index is 1.82. The number of piperidine rings is 2. The highest BCUT2D eigenvalue weighted by atomic mass is 16.1. The van der Waals surface area contributed by atoms with Crippen LogP contribution in [0.5, 0.6) is 0 Å². The van der Waals surface area contributed by atoms with Crippen molar-refractivity contribution in [3.8, 4) is 0 Å². The van der Waals surface area contributed by atoms with Crippen molar-refractivity contribution in [1.29, 1.82) is 0 Å². The minimum Gasteiger partial charge on any atom is -0.355 e. The molecule has 0 saturated carbocycles. The highest BCUT2D eigenvalue weighted by Crippen LogP contribution is 2.17. The van der Waals surface area contributed by atoms with Crippen LogP contribution in [0.1, 0.15) is 32.1 Å². The second kappa shape index (κ2) is 5.47. The lowest BCUT2D eigenvalue weighted by atomic mass is 10.0. The van der Waals surface area contributed by atoms with E-state index in [-0.39, 0.29) is 0 Å². The molecule has 2 unspecified atom stereocenters. The minimum atomic E-state index is 0.361. The Labute approximate surface area is 91.4 Å². The van der Waals surface area contributed by atoms with Gasteiger partial charge >= 0.3 is 0 Å². The number of hydrogen-bond donors (Lipinski definition) is 2. The van der Waals surface area contributed by atoms with Gasteiger partial charge in [-0.05, 0) is 45.2 Å². The molecule has 2 atom stereocenters. The Bertz CT molecular complexity index is 204. The minimum absolute atomic E-state index is 0.361. The maximum absolute atomic E-state index is 10.4. The van der Waals surface area contributed by atoms with E-state index in [0.29, 0.717) is 12.2 Å². The van der Waals surface area contributed by atoms with Crippen LogP contribution < -0.4 is 10.6 Å². The van der Waals surface area contributed by atoms with Gasteiger partial charge in [-0.1, -0.05) is 0 Å². The molecule has 2 aliphatic rings. The first-order valence-electron chi connectivity index (χ1n) is 6.07.